The highest BCUT2D eigenvalue weighted by atomic mass is 32.2. The van der Waals surface area contributed by atoms with Gasteiger partial charge in [-0.3, -0.25) is 0 Å². The van der Waals surface area contributed by atoms with E-state index in [2.05, 4.69) is 5.32 Å². The number of hydrogen-bond donors (Lipinski definition) is 1. The van der Waals surface area contributed by atoms with Gasteiger partial charge in [-0.15, -0.1) is 0 Å². The maximum absolute atomic E-state index is 12.4. The van der Waals surface area contributed by atoms with Crippen molar-refractivity contribution in [3.63, 3.8) is 0 Å². The number of carbonyl (C=O) groups excluding carboxylic acids is 1. The number of urea groups is 1. The van der Waals surface area contributed by atoms with Crippen LogP contribution in [-0.4, -0.2) is 74.3 Å². The zero-order valence-electron chi connectivity index (χ0n) is 13.7. The minimum atomic E-state index is -3.07. The second-order valence-electron chi connectivity index (χ2n) is 6.72. The third kappa shape index (κ3) is 3.64. The van der Waals surface area contributed by atoms with Gasteiger partial charge >= 0.3 is 6.03 Å². The van der Waals surface area contributed by atoms with E-state index in [0.717, 1.165) is 38.8 Å². The molecule has 2 atom stereocenters. The van der Waals surface area contributed by atoms with Gasteiger partial charge < -0.3 is 15.0 Å². The Kier molecular flexibility index (Phi) is 5.13. The Hall–Kier alpha value is -0.860. The van der Waals surface area contributed by atoms with Gasteiger partial charge in [0.1, 0.15) is 0 Å². The van der Waals surface area contributed by atoms with Gasteiger partial charge in [-0.1, -0.05) is 0 Å². The summed E-state index contributed by atoms with van der Waals surface area (Å²) in [4.78, 5) is 14.3. The van der Waals surface area contributed by atoms with Gasteiger partial charge in [0, 0.05) is 38.7 Å². The molecule has 3 aliphatic heterocycles. The first-order valence-corrected chi connectivity index (χ1v) is 10.3. The third-order valence-electron chi connectivity index (χ3n) is 5.18. The number of nitrogens with zero attached hydrogens (tertiary/aromatic N) is 2. The van der Waals surface area contributed by atoms with E-state index in [4.69, 9.17) is 4.74 Å². The fraction of sp³-hybridized carbons (Fsp3) is 0.933. The molecule has 0 aliphatic carbocycles. The minimum absolute atomic E-state index is 0.0280. The van der Waals surface area contributed by atoms with Crippen LogP contribution in [-0.2, 0) is 14.8 Å². The molecule has 0 bridgehead atoms. The van der Waals surface area contributed by atoms with Crippen molar-refractivity contribution in [1.29, 1.82) is 0 Å². The molecule has 3 rings (SSSR count). The minimum Gasteiger partial charge on any atom is -0.376 e. The molecule has 0 radical (unpaired) electrons. The van der Waals surface area contributed by atoms with Crippen molar-refractivity contribution in [3.05, 3.63) is 0 Å². The van der Waals surface area contributed by atoms with Crippen LogP contribution < -0.4 is 5.32 Å². The number of hydrogen-bond acceptors (Lipinski definition) is 4. The molecule has 0 unspecified atom stereocenters. The molecule has 0 aromatic rings. The Morgan fingerprint density at radius 3 is 2.70 bits per heavy atom. The molecule has 8 heteroatoms. The molecule has 1 N–H and O–H groups in total. The average Bonchev–Trinajstić information content (AvgIpc) is 3.15. The second kappa shape index (κ2) is 6.94. The van der Waals surface area contributed by atoms with E-state index < -0.39 is 10.0 Å². The molecular weight excluding hydrogens is 318 g/mol. The molecule has 3 fully saturated rings. The van der Waals surface area contributed by atoms with Crippen LogP contribution in [0.3, 0.4) is 0 Å². The number of amides is 2. The predicted octanol–water partition coefficient (Wildman–Crippen LogP) is 0.621. The van der Waals surface area contributed by atoms with Crippen molar-refractivity contribution >= 4 is 16.1 Å². The second-order valence-corrected chi connectivity index (χ2v) is 8.98. The Bertz CT molecular complexity index is 527. The van der Waals surface area contributed by atoms with Crippen LogP contribution in [0.4, 0.5) is 4.79 Å². The first-order valence-electron chi connectivity index (χ1n) is 8.65. The van der Waals surface area contributed by atoms with E-state index in [1.807, 2.05) is 4.90 Å². The SMILES string of the molecule is CCS(=O)(=O)N1CC(CNC(=O)N2CCC[C@@H]2[C@@H]2CCCO2)C1. The first-order chi connectivity index (χ1) is 11.0. The van der Waals surface area contributed by atoms with Gasteiger partial charge in [0.05, 0.1) is 17.9 Å². The predicted molar refractivity (Wildman–Crippen MR) is 86.6 cm³/mol. The van der Waals surface area contributed by atoms with Crippen molar-refractivity contribution < 1.29 is 17.9 Å². The molecule has 0 spiro atoms. The number of nitrogens with one attached hydrogen (secondary N) is 1. The normalized spacial score (nSPS) is 29.7. The maximum atomic E-state index is 12.4. The summed E-state index contributed by atoms with van der Waals surface area (Å²) in [6.45, 7) is 4.83. The Labute approximate surface area is 138 Å². The Morgan fingerprint density at radius 2 is 2.04 bits per heavy atom. The zero-order valence-corrected chi connectivity index (χ0v) is 14.6. The fourth-order valence-electron chi connectivity index (χ4n) is 3.73. The summed E-state index contributed by atoms with van der Waals surface area (Å²) >= 11 is 0. The lowest BCUT2D eigenvalue weighted by Gasteiger charge is -2.38. The van der Waals surface area contributed by atoms with E-state index in [9.17, 15) is 13.2 Å². The lowest BCUT2D eigenvalue weighted by molar-refractivity contribution is 0.0516. The van der Waals surface area contributed by atoms with Crippen LogP contribution in [0.5, 0.6) is 0 Å². The molecule has 0 aromatic carbocycles. The number of likely N-dealkylation sites (tertiary alicyclic amines) is 1. The van der Waals surface area contributed by atoms with Crippen LogP contribution in [0.15, 0.2) is 0 Å². The van der Waals surface area contributed by atoms with E-state index in [1.165, 1.54) is 4.31 Å². The van der Waals surface area contributed by atoms with Crippen LogP contribution in [0.1, 0.15) is 32.6 Å². The van der Waals surface area contributed by atoms with Crippen molar-refractivity contribution in [2.45, 2.75) is 44.8 Å². The number of rotatable bonds is 5. The summed E-state index contributed by atoms with van der Waals surface area (Å²) in [6, 6.07) is 0.177. The summed E-state index contributed by atoms with van der Waals surface area (Å²) < 4.78 is 30.6. The quantitative estimate of drug-likeness (QED) is 0.792. The van der Waals surface area contributed by atoms with Crippen LogP contribution in [0, 0.1) is 5.92 Å². The van der Waals surface area contributed by atoms with Crippen LogP contribution in [0.2, 0.25) is 0 Å². The van der Waals surface area contributed by atoms with E-state index >= 15 is 0 Å². The van der Waals surface area contributed by atoms with Gasteiger partial charge in [0.25, 0.3) is 0 Å². The van der Waals surface area contributed by atoms with Gasteiger partial charge in [-0.05, 0) is 32.6 Å². The molecule has 3 saturated heterocycles. The molecule has 0 aromatic heterocycles. The highest BCUT2D eigenvalue weighted by Gasteiger charge is 2.38. The van der Waals surface area contributed by atoms with Crippen LogP contribution >= 0.6 is 0 Å². The first kappa shape index (κ1) is 17.0. The highest BCUT2D eigenvalue weighted by molar-refractivity contribution is 7.89. The highest BCUT2D eigenvalue weighted by Crippen LogP contribution is 2.28. The molecule has 7 nitrogen and oxygen atoms in total. The van der Waals surface area contributed by atoms with Crippen molar-refractivity contribution in [1.82, 2.24) is 14.5 Å². The fourth-order valence-corrected chi connectivity index (χ4v) is 4.97. The summed E-state index contributed by atoms with van der Waals surface area (Å²) in [5.41, 5.74) is 0. The lowest BCUT2D eigenvalue weighted by Crippen LogP contribution is -2.55. The van der Waals surface area contributed by atoms with Gasteiger partial charge in [-0.25, -0.2) is 17.5 Å². The summed E-state index contributed by atoms with van der Waals surface area (Å²) in [7, 11) is -3.07. The molecule has 3 heterocycles. The molecular formula is C15H27N3O4S. The summed E-state index contributed by atoms with van der Waals surface area (Å²) in [5.74, 6) is 0.368. The molecule has 23 heavy (non-hydrogen) atoms. The molecule has 2 amide bonds. The number of sulfonamides is 1. The monoisotopic (exact) mass is 345 g/mol. The molecule has 132 valence electrons. The Morgan fingerprint density at radius 1 is 1.26 bits per heavy atom. The van der Waals surface area contributed by atoms with Crippen LogP contribution in [0.25, 0.3) is 0 Å². The van der Waals surface area contributed by atoms with Crippen molar-refractivity contribution in [2.24, 2.45) is 5.92 Å². The van der Waals surface area contributed by atoms with E-state index in [1.54, 1.807) is 6.92 Å². The number of carbonyl (C=O) groups is 1. The smallest absolute Gasteiger partial charge is 0.317 e. The largest absolute Gasteiger partial charge is 0.376 e. The lowest BCUT2D eigenvalue weighted by atomic mass is 10.0. The Balaban J connectivity index is 1.43. The topological polar surface area (TPSA) is 79.0 Å². The summed E-state index contributed by atoms with van der Waals surface area (Å²) in [5, 5.41) is 2.98. The average molecular weight is 345 g/mol. The zero-order chi connectivity index (χ0) is 16.4. The molecule has 0 saturated carbocycles. The van der Waals surface area contributed by atoms with Gasteiger partial charge in [0.2, 0.25) is 10.0 Å². The van der Waals surface area contributed by atoms with Crippen molar-refractivity contribution in [3.8, 4) is 0 Å². The van der Waals surface area contributed by atoms with Gasteiger partial charge in [-0.2, -0.15) is 0 Å². The van der Waals surface area contributed by atoms with E-state index in [0.29, 0.717) is 19.6 Å². The molecule has 3 aliphatic rings. The maximum Gasteiger partial charge on any atom is 0.317 e. The standard InChI is InChI=1S/C15H27N3O4S/c1-2-23(20,21)17-10-12(11-17)9-16-15(19)18-7-3-5-13(18)14-6-4-8-22-14/h12-14H,2-11H2,1H3,(H,16,19)/t13-,14+/m1/s1. The third-order valence-corrected chi connectivity index (χ3v) is 6.99. The number of ether oxygens (including phenoxy) is 1. The van der Waals surface area contributed by atoms with Gasteiger partial charge in [0.15, 0.2) is 0 Å². The van der Waals surface area contributed by atoms with Crippen molar-refractivity contribution in [2.75, 3.05) is 38.5 Å². The summed E-state index contributed by atoms with van der Waals surface area (Å²) in [6.07, 6.45) is 4.37. The van der Waals surface area contributed by atoms with E-state index in [-0.39, 0.29) is 29.8 Å².